The first-order valence-corrected chi connectivity index (χ1v) is 6.47. The van der Waals surface area contributed by atoms with E-state index in [1.54, 1.807) is 11.8 Å². The Bertz CT molecular complexity index is 549. The van der Waals surface area contributed by atoms with Gasteiger partial charge < -0.3 is 0 Å². The van der Waals surface area contributed by atoms with Crippen LogP contribution in [0.25, 0.3) is 0 Å². The molecule has 1 aliphatic rings. The zero-order chi connectivity index (χ0) is 11.8. The SMILES string of the molecule is C=C(Cl)N1c2ccccc2Sc2ccccc21. The Hall–Kier alpha value is -1.38. The molecule has 0 aliphatic carbocycles. The number of halogens is 1. The summed E-state index contributed by atoms with van der Waals surface area (Å²) in [5, 5.41) is 0.519. The van der Waals surface area contributed by atoms with Crippen LogP contribution >= 0.6 is 23.4 Å². The Morgan fingerprint density at radius 1 is 0.941 bits per heavy atom. The van der Waals surface area contributed by atoms with Gasteiger partial charge in [0.25, 0.3) is 0 Å². The molecule has 0 atom stereocenters. The Labute approximate surface area is 110 Å². The van der Waals surface area contributed by atoms with Crippen LogP contribution in [-0.4, -0.2) is 0 Å². The predicted molar refractivity (Wildman–Crippen MR) is 74.1 cm³/mol. The molecule has 0 bridgehead atoms. The number of rotatable bonds is 1. The van der Waals surface area contributed by atoms with Gasteiger partial charge in [0.15, 0.2) is 0 Å². The van der Waals surface area contributed by atoms with Crippen LogP contribution in [0, 0.1) is 0 Å². The van der Waals surface area contributed by atoms with Crippen LogP contribution < -0.4 is 4.90 Å². The molecule has 2 aromatic rings. The molecule has 17 heavy (non-hydrogen) atoms. The first kappa shape index (κ1) is 10.8. The fraction of sp³-hybridized carbons (Fsp3) is 0. The first-order chi connectivity index (χ1) is 8.27. The molecule has 0 fully saturated rings. The quantitative estimate of drug-likeness (QED) is 0.663. The summed E-state index contributed by atoms with van der Waals surface area (Å²) in [7, 11) is 0. The molecule has 0 N–H and O–H groups in total. The van der Waals surface area contributed by atoms with Gasteiger partial charge in [0.1, 0.15) is 5.16 Å². The summed E-state index contributed by atoms with van der Waals surface area (Å²) in [6.07, 6.45) is 0. The topological polar surface area (TPSA) is 3.24 Å². The van der Waals surface area contributed by atoms with Crippen molar-refractivity contribution in [2.75, 3.05) is 4.90 Å². The fourth-order valence-electron chi connectivity index (χ4n) is 1.97. The Morgan fingerprint density at radius 3 is 1.88 bits per heavy atom. The summed E-state index contributed by atoms with van der Waals surface area (Å²) in [6, 6.07) is 16.4. The highest BCUT2D eigenvalue weighted by molar-refractivity contribution is 7.99. The molecule has 1 heterocycles. The monoisotopic (exact) mass is 259 g/mol. The van der Waals surface area contributed by atoms with Crippen LogP contribution in [0.15, 0.2) is 70.1 Å². The fourth-order valence-corrected chi connectivity index (χ4v) is 3.21. The molecule has 1 aliphatic heterocycles. The van der Waals surface area contributed by atoms with Crippen LogP contribution in [-0.2, 0) is 0 Å². The molecular formula is C14H10ClNS. The number of hydrogen-bond acceptors (Lipinski definition) is 2. The number of anilines is 2. The van der Waals surface area contributed by atoms with E-state index >= 15 is 0 Å². The predicted octanol–water partition coefficient (Wildman–Crippen LogP) is 5.00. The number of hydrogen-bond donors (Lipinski definition) is 0. The molecular weight excluding hydrogens is 250 g/mol. The molecule has 1 nitrogen and oxygen atoms in total. The van der Waals surface area contributed by atoms with Crippen molar-refractivity contribution in [3.05, 3.63) is 60.3 Å². The molecule has 0 amide bonds. The van der Waals surface area contributed by atoms with E-state index in [0.29, 0.717) is 5.16 Å². The standard InChI is InChI=1S/C14H10ClNS/c1-10(15)16-11-6-2-4-8-13(11)17-14-9-5-3-7-12(14)16/h2-9H,1H2. The smallest absolute Gasteiger partial charge is 0.106 e. The maximum atomic E-state index is 6.13. The molecule has 3 rings (SSSR count). The van der Waals surface area contributed by atoms with Crippen LogP contribution in [0.5, 0.6) is 0 Å². The first-order valence-electron chi connectivity index (χ1n) is 5.28. The van der Waals surface area contributed by atoms with Gasteiger partial charge in [0.05, 0.1) is 11.4 Å². The highest BCUT2D eigenvalue weighted by Gasteiger charge is 2.23. The molecule has 84 valence electrons. The second-order valence-electron chi connectivity index (χ2n) is 3.75. The second-order valence-corrected chi connectivity index (χ2v) is 5.27. The third-order valence-electron chi connectivity index (χ3n) is 2.67. The summed E-state index contributed by atoms with van der Waals surface area (Å²) in [4.78, 5) is 4.39. The third-order valence-corrected chi connectivity index (χ3v) is 3.97. The van der Waals surface area contributed by atoms with Gasteiger partial charge in [-0.2, -0.15) is 0 Å². The Kier molecular flexibility index (Phi) is 2.61. The van der Waals surface area contributed by atoms with Crippen molar-refractivity contribution in [3.63, 3.8) is 0 Å². The largest absolute Gasteiger partial charge is 0.299 e. The summed E-state index contributed by atoms with van der Waals surface area (Å²) in [6.45, 7) is 3.86. The molecule has 0 radical (unpaired) electrons. The van der Waals surface area contributed by atoms with Crippen molar-refractivity contribution < 1.29 is 0 Å². The van der Waals surface area contributed by atoms with Gasteiger partial charge in [0.2, 0.25) is 0 Å². The third kappa shape index (κ3) is 1.74. The lowest BCUT2D eigenvalue weighted by Crippen LogP contribution is -2.16. The van der Waals surface area contributed by atoms with Gasteiger partial charge in [-0.15, -0.1) is 0 Å². The number of fused-ring (bicyclic) bond motifs is 2. The highest BCUT2D eigenvalue weighted by atomic mass is 35.5. The van der Waals surface area contributed by atoms with Gasteiger partial charge >= 0.3 is 0 Å². The van der Waals surface area contributed by atoms with E-state index in [-0.39, 0.29) is 0 Å². The summed E-state index contributed by atoms with van der Waals surface area (Å²) in [5.74, 6) is 0. The number of nitrogens with zero attached hydrogens (tertiary/aromatic N) is 1. The van der Waals surface area contributed by atoms with Gasteiger partial charge in [0, 0.05) is 9.79 Å². The number of benzene rings is 2. The lowest BCUT2D eigenvalue weighted by molar-refractivity contribution is 1.15. The van der Waals surface area contributed by atoms with E-state index in [9.17, 15) is 0 Å². The van der Waals surface area contributed by atoms with Crippen molar-refractivity contribution in [1.82, 2.24) is 0 Å². The molecule has 0 unspecified atom stereocenters. The molecule has 2 aromatic carbocycles. The average Bonchev–Trinajstić information content (AvgIpc) is 2.35. The minimum Gasteiger partial charge on any atom is -0.299 e. The van der Waals surface area contributed by atoms with E-state index in [1.165, 1.54) is 9.79 Å². The van der Waals surface area contributed by atoms with Crippen LogP contribution in [0.4, 0.5) is 11.4 Å². The average molecular weight is 260 g/mol. The maximum absolute atomic E-state index is 6.13. The van der Waals surface area contributed by atoms with Crippen molar-refractivity contribution in [2.24, 2.45) is 0 Å². The van der Waals surface area contributed by atoms with Gasteiger partial charge in [-0.3, -0.25) is 4.90 Å². The van der Waals surface area contributed by atoms with E-state index in [4.69, 9.17) is 11.6 Å². The van der Waals surface area contributed by atoms with Gasteiger partial charge in [-0.1, -0.05) is 54.2 Å². The highest BCUT2D eigenvalue weighted by Crippen LogP contribution is 2.49. The summed E-state index contributed by atoms with van der Waals surface area (Å²) >= 11 is 7.90. The van der Waals surface area contributed by atoms with Gasteiger partial charge in [-0.05, 0) is 24.3 Å². The normalized spacial score (nSPS) is 12.9. The zero-order valence-electron chi connectivity index (χ0n) is 9.06. The Morgan fingerprint density at radius 2 is 1.41 bits per heavy atom. The molecule has 3 heteroatoms. The zero-order valence-corrected chi connectivity index (χ0v) is 10.6. The summed E-state index contributed by atoms with van der Waals surface area (Å²) < 4.78 is 0. The van der Waals surface area contributed by atoms with Crippen molar-refractivity contribution in [2.45, 2.75) is 9.79 Å². The lowest BCUT2D eigenvalue weighted by atomic mass is 10.2. The maximum Gasteiger partial charge on any atom is 0.106 e. The number of para-hydroxylation sites is 2. The second kappa shape index (κ2) is 4.13. The van der Waals surface area contributed by atoms with E-state index in [2.05, 4.69) is 30.8 Å². The van der Waals surface area contributed by atoms with Gasteiger partial charge in [-0.25, -0.2) is 0 Å². The summed E-state index contributed by atoms with van der Waals surface area (Å²) in [5.41, 5.74) is 2.19. The van der Waals surface area contributed by atoms with Crippen molar-refractivity contribution >= 4 is 34.7 Å². The van der Waals surface area contributed by atoms with Crippen molar-refractivity contribution in [3.8, 4) is 0 Å². The molecule has 0 aromatic heterocycles. The molecule has 0 saturated carbocycles. The minimum absolute atomic E-state index is 0.519. The van der Waals surface area contributed by atoms with Crippen LogP contribution in [0.1, 0.15) is 0 Å². The van der Waals surface area contributed by atoms with E-state index in [0.717, 1.165) is 11.4 Å². The van der Waals surface area contributed by atoms with Crippen LogP contribution in [0.3, 0.4) is 0 Å². The van der Waals surface area contributed by atoms with Crippen LogP contribution in [0.2, 0.25) is 0 Å². The van der Waals surface area contributed by atoms with Crippen molar-refractivity contribution in [1.29, 1.82) is 0 Å². The minimum atomic E-state index is 0.519. The van der Waals surface area contributed by atoms with E-state index < -0.39 is 0 Å². The lowest BCUT2D eigenvalue weighted by Gasteiger charge is -2.31. The molecule has 0 saturated heterocycles. The van der Waals surface area contributed by atoms with E-state index in [1.807, 2.05) is 29.2 Å². The molecule has 0 spiro atoms. The Balaban J connectivity index is 2.24.